The highest BCUT2D eigenvalue weighted by Crippen LogP contribution is 2.50. The number of carbonyl (C=O) groups excluding carboxylic acids is 2. The molecule has 1 aliphatic heterocycles. The van der Waals surface area contributed by atoms with Crippen molar-refractivity contribution in [2.75, 3.05) is 29.8 Å². The van der Waals surface area contributed by atoms with Gasteiger partial charge in [-0.25, -0.2) is 13.8 Å². The molecular formula is C29H28F2N4O4. The van der Waals surface area contributed by atoms with Crippen LogP contribution in [0.2, 0.25) is 0 Å². The van der Waals surface area contributed by atoms with Gasteiger partial charge in [0.25, 0.3) is 0 Å². The van der Waals surface area contributed by atoms with Crippen LogP contribution in [0.1, 0.15) is 36.8 Å². The van der Waals surface area contributed by atoms with E-state index in [9.17, 15) is 9.59 Å². The Morgan fingerprint density at radius 3 is 2.33 bits per heavy atom. The summed E-state index contributed by atoms with van der Waals surface area (Å²) in [6, 6.07) is 10.1. The van der Waals surface area contributed by atoms with Crippen molar-refractivity contribution in [1.29, 1.82) is 0 Å². The maximum atomic E-state index is 15.4. The molecule has 39 heavy (non-hydrogen) atoms. The average Bonchev–Trinajstić information content (AvgIpc) is 3.44. The molecule has 1 saturated carbocycles. The summed E-state index contributed by atoms with van der Waals surface area (Å²) in [4.78, 5) is 31.7. The number of amides is 2. The van der Waals surface area contributed by atoms with Crippen molar-refractivity contribution in [3.8, 4) is 11.5 Å². The predicted octanol–water partition coefficient (Wildman–Crippen LogP) is 5.60. The van der Waals surface area contributed by atoms with Crippen LogP contribution in [0.5, 0.6) is 11.5 Å². The zero-order chi connectivity index (χ0) is 27.7. The monoisotopic (exact) mass is 534 g/mol. The van der Waals surface area contributed by atoms with Crippen LogP contribution in [-0.4, -0.2) is 31.0 Å². The predicted molar refractivity (Wildman–Crippen MR) is 144 cm³/mol. The number of aromatic nitrogens is 1. The standard InChI is InChI=1S/C29H28F2N4O4/c1-4-24(36)34-20-10-6-5-9-19(20)33-23-13-18-17(15-32-23)16-35(28(37)29(18)11-7-8-12-29)27-25(30)21(38-2)14-22(39-3)26(27)31/h4-6,9-10,13-15H,1,7-8,11-12,16H2,2-3H3,(H,32,33)(H,34,36). The van der Waals surface area contributed by atoms with Crippen LogP contribution in [-0.2, 0) is 21.5 Å². The molecule has 202 valence electrons. The molecule has 0 atom stereocenters. The third kappa shape index (κ3) is 4.45. The first-order valence-electron chi connectivity index (χ1n) is 12.5. The lowest BCUT2D eigenvalue weighted by molar-refractivity contribution is -0.124. The van der Waals surface area contributed by atoms with E-state index < -0.39 is 22.7 Å². The minimum atomic E-state index is -0.967. The fourth-order valence-electron chi connectivity index (χ4n) is 5.51. The molecule has 0 radical (unpaired) electrons. The Morgan fingerprint density at radius 2 is 1.72 bits per heavy atom. The Balaban J connectivity index is 1.57. The number of carbonyl (C=O) groups is 2. The van der Waals surface area contributed by atoms with E-state index in [2.05, 4.69) is 22.2 Å². The summed E-state index contributed by atoms with van der Waals surface area (Å²) in [5, 5.41) is 5.98. The van der Waals surface area contributed by atoms with Gasteiger partial charge in [-0.1, -0.05) is 31.6 Å². The number of para-hydroxylation sites is 2. The molecular weight excluding hydrogens is 506 g/mol. The second-order valence-electron chi connectivity index (χ2n) is 9.53. The number of methoxy groups -OCH3 is 2. The van der Waals surface area contributed by atoms with Crippen molar-refractivity contribution in [3.63, 3.8) is 0 Å². The van der Waals surface area contributed by atoms with Gasteiger partial charge in [0.1, 0.15) is 11.5 Å². The summed E-state index contributed by atoms with van der Waals surface area (Å²) in [7, 11) is 2.54. The van der Waals surface area contributed by atoms with Gasteiger partial charge in [-0.15, -0.1) is 0 Å². The molecule has 0 unspecified atom stereocenters. The largest absolute Gasteiger partial charge is 0.493 e. The molecule has 1 fully saturated rings. The van der Waals surface area contributed by atoms with Crippen molar-refractivity contribution >= 4 is 34.7 Å². The molecule has 8 nitrogen and oxygen atoms in total. The highest BCUT2D eigenvalue weighted by molar-refractivity contribution is 6.04. The molecule has 0 bridgehead atoms. The first-order chi connectivity index (χ1) is 18.8. The summed E-state index contributed by atoms with van der Waals surface area (Å²) in [6.45, 7) is 3.41. The van der Waals surface area contributed by atoms with Crippen molar-refractivity contribution < 1.29 is 27.8 Å². The van der Waals surface area contributed by atoms with Crippen molar-refractivity contribution in [1.82, 2.24) is 4.98 Å². The van der Waals surface area contributed by atoms with Crippen LogP contribution < -0.4 is 25.0 Å². The molecule has 2 amide bonds. The average molecular weight is 535 g/mol. The normalized spacial score (nSPS) is 15.6. The van der Waals surface area contributed by atoms with Crippen molar-refractivity contribution in [2.45, 2.75) is 37.6 Å². The lowest BCUT2D eigenvalue weighted by Crippen LogP contribution is -2.50. The summed E-state index contributed by atoms with van der Waals surface area (Å²) in [5.74, 6) is -2.63. The molecule has 2 aliphatic rings. The number of benzene rings is 2. The van der Waals surface area contributed by atoms with Crippen LogP contribution in [0.25, 0.3) is 0 Å². The van der Waals surface area contributed by atoms with Crippen LogP contribution in [0.4, 0.5) is 31.7 Å². The van der Waals surface area contributed by atoms with Crippen LogP contribution in [0.15, 0.2) is 55.3 Å². The Hall–Kier alpha value is -4.47. The molecule has 1 spiro atoms. The van der Waals surface area contributed by atoms with Crippen LogP contribution in [0, 0.1) is 11.6 Å². The van der Waals surface area contributed by atoms with Gasteiger partial charge in [0.2, 0.25) is 11.8 Å². The highest BCUT2D eigenvalue weighted by Gasteiger charge is 2.51. The zero-order valence-corrected chi connectivity index (χ0v) is 21.6. The Kier molecular flexibility index (Phi) is 6.94. The van der Waals surface area contributed by atoms with E-state index in [0.29, 0.717) is 35.6 Å². The number of anilines is 4. The molecule has 1 aliphatic carbocycles. The lowest BCUT2D eigenvalue weighted by atomic mass is 9.73. The van der Waals surface area contributed by atoms with Gasteiger partial charge in [-0.05, 0) is 48.2 Å². The molecule has 2 aromatic carbocycles. The van der Waals surface area contributed by atoms with Crippen molar-refractivity contribution in [2.24, 2.45) is 0 Å². The topological polar surface area (TPSA) is 92.8 Å². The van der Waals surface area contributed by atoms with E-state index in [0.717, 1.165) is 29.4 Å². The maximum absolute atomic E-state index is 15.4. The molecule has 1 aromatic heterocycles. The maximum Gasteiger partial charge on any atom is 0.247 e. The SMILES string of the molecule is C=CC(=O)Nc1ccccc1Nc1cc2c(cn1)CN(c1c(F)c(OC)cc(OC)c1F)C(=O)C21CCCC1. The Labute approximate surface area is 224 Å². The number of hydrogen-bond donors (Lipinski definition) is 2. The van der Waals surface area contributed by atoms with E-state index in [1.807, 2.05) is 12.1 Å². The number of ether oxygens (including phenoxy) is 2. The molecule has 3 aromatic rings. The molecule has 5 rings (SSSR count). The Morgan fingerprint density at radius 1 is 1.08 bits per heavy atom. The molecule has 2 heterocycles. The highest BCUT2D eigenvalue weighted by atomic mass is 19.1. The van der Waals surface area contributed by atoms with E-state index in [1.54, 1.807) is 24.4 Å². The second-order valence-corrected chi connectivity index (χ2v) is 9.53. The summed E-state index contributed by atoms with van der Waals surface area (Å²) >= 11 is 0. The minimum absolute atomic E-state index is 0.0701. The van der Waals surface area contributed by atoms with Gasteiger partial charge in [-0.2, -0.15) is 0 Å². The number of fused-ring (bicyclic) bond motifs is 2. The van der Waals surface area contributed by atoms with E-state index >= 15 is 8.78 Å². The third-order valence-corrected chi connectivity index (χ3v) is 7.40. The number of hydrogen-bond acceptors (Lipinski definition) is 6. The lowest BCUT2D eigenvalue weighted by Gasteiger charge is -2.41. The first-order valence-corrected chi connectivity index (χ1v) is 12.5. The summed E-state index contributed by atoms with van der Waals surface area (Å²) < 4.78 is 41.1. The number of halogens is 2. The fraction of sp³-hybridized carbons (Fsp3) is 0.276. The summed E-state index contributed by atoms with van der Waals surface area (Å²) in [6.07, 6.45) is 5.47. The van der Waals surface area contributed by atoms with Gasteiger partial charge in [0.15, 0.2) is 23.1 Å². The van der Waals surface area contributed by atoms with Gasteiger partial charge < -0.3 is 25.0 Å². The van der Waals surface area contributed by atoms with E-state index in [1.165, 1.54) is 20.3 Å². The first kappa shape index (κ1) is 26.1. The number of pyridine rings is 1. The fourth-order valence-corrected chi connectivity index (χ4v) is 5.51. The van der Waals surface area contributed by atoms with E-state index in [4.69, 9.17) is 9.47 Å². The zero-order valence-electron chi connectivity index (χ0n) is 21.6. The van der Waals surface area contributed by atoms with Crippen LogP contribution in [0.3, 0.4) is 0 Å². The van der Waals surface area contributed by atoms with Gasteiger partial charge >= 0.3 is 0 Å². The van der Waals surface area contributed by atoms with Crippen molar-refractivity contribution in [3.05, 3.63) is 78.0 Å². The quantitative estimate of drug-likeness (QED) is 0.383. The molecule has 0 saturated heterocycles. The van der Waals surface area contributed by atoms with Gasteiger partial charge in [0.05, 0.1) is 37.6 Å². The van der Waals surface area contributed by atoms with Gasteiger partial charge in [-0.3, -0.25) is 9.59 Å². The van der Waals surface area contributed by atoms with Crippen LogP contribution >= 0.6 is 0 Å². The number of nitrogens with one attached hydrogen (secondary N) is 2. The number of nitrogens with zero attached hydrogens (tertiary/aromatic N) is 2. The molecule has 10 heteroatoms. The third-order valence-electron chi connectivity index (χ3n) is 7.40. The molecule has 2 N–H and O–H groups in total. The summed E-state index contributed by atoms with van der Waals surface area (Å²) in [5.41, 5.74) is 1.16. The second kappa shape index (κ2) is 10.4. The minimum Gasteiger partial charge on any atom is -0.493 e. The Bertz CT molecular complexity index is 1440. The number of rotatable bonds is 7. The van der Waals surface area contributed by atoms with E-state index in [-0.39, 0.29) is 29.9 Å². The van der Waals surface area contributed by atoms with Gasteiger partial charge in [0, 0.05) is 12.3 Å². The smallest absolute Gasteiger partial charge is 0.247 e.